The van der Waals surface area contributed by atoms with E-state index < -0.39 is 5.79 Å². The highest BCUT2D eigenvalue weighted by molar-refractivity contribution is 6.30. The van der Waals surface area contributed by atoms with Crippen LogP contribution >= 0.6 is 11.6 Å². The van der Waals surface area contributed by atoms with Crippen LogP contribution in [-0.4, -0.2) is 31.3 Å². The van der Waals surface area contributed by atoms with Gasteiger partial charge in [-0.15, -0.1) is 0 Å². The van der Waals surface area contributed by atoms with Crippen LogP contribution in [0.25, 0.3) is 0 Å². The molecule has 4 rings (SSSR count). The number of halogens is 1. The monoisotopic (exact) mass is 344 g/mol. The minimum atomic E-state index is -1.06. The first-order valence-corrected chi connectivity index (χ1v) is 8.21. The first kappa shape index (κ1) is 15.3. The van der Waals surface area contributed by atoms with Crippen LogP contribution in [0.2, 0.25) is 5.02 Å². The van der Waals surface area contributed by atoms with E-state index in [1.807, 2.05) is 48.5 Å². The van der Waals surface area contributed by atoms with Crippen LogP contribution < -0.4 is 14.8 Å². The lowest BCUT2D eigenvalue weighted by molar-refractivity contribution is -0.172. The van der Waals surface area contributed by atoms with Crippen LogP contribution in [-0.2, 0) is 11.3 Å². The van der Waals surface area contributed by atoms with Gasteiger partial charge in [0.15, 0.2) is 23.9 Å². The lowest BCUT2D eigenvalue weighted by Crippen LogP contribution is -2.57. The summed E-state index contributed by atoms with van der Waals surface area (Å²) in [5.74, 6) is 0.967. The molecule has 0 aromatic heterocycles. The van der Waals surface area contributed by atoms with E-state index in [1.54, 1.807) is 0 Å². The van der Waals surface area contributed by atoms with Gasteiger partial charge in [-0.25, -0.2) is 0 Å². The van der Waals surface area contributed by atoms with Gasteiger partial charge >= 0.3 is 5.79 Å². The summed E-state index contributed by atoms with van der Waals surface area (Å²) in [6.45, 7) is 2.08. The quantitative estimate of drug-likeness (QED) is 0.926. The van der Waals surface area contributed by atoms with Gasteiger partial charge in [0.2, 0.25) is 0 Å². The Kier molecular flexibility index (Phi) is 4.04. The molecule has 2 aliphatic heterocycles. The molecule has 5 nitrogen and oxygen atoms in total. The third-order valence-corrected chi connectivity index (χ3v) is 4.21. The van der Waals surface area contributed by atoms with Crippen molar-refractivity contribution in [2.75, 3.05) is 19.7 Å². The highest BCUT2D eigenvalue weighted by Crippen LogP contribution is 2.36. The number of benzene rings is 2. The zero-order valence-corrected chi connectivity index (χ0v) is 13.8. The van der Waals surface area contributed by atoms with Crippen molar-refractivity contribution in [1.29, 1.82) is 0 Å². The minimum absolute atomic E-state index is 0.240. The Labute approximate surface area is 145 Å². The number of nitrogens with zero attached hydrogens (tertiary/aromatic N) is 1. The molecule has 0 amide bonds. The fraction of sp³-hybridized carbons (Fsp3) is 0.278. The Morgan fingerprint density at radius 1 is 1.12 bits per heavy atom. The maximum Gasteiger partial charge on any atom is 0.304 e. The van der Waals surface area contributed by atoms with Crippen molar-refractivity contribution >= 4 is 17.4 Å². The summed E-state index contributed by atoms with van der Waals surface area (Å²) in [5.41, 5.74) is 1.000. The van der Waals surface area contributed by atoms with Crippen LogP contribution in [0.15, 0.2) is 53.5 Å². The number of fused-ring (bicyclic) bond motifs is 1. The lowest BCUT2D eigenvalue weighted by Gasteiger charge is -2.37. The molecule has 0 aliphatic carbocycles. The number of rotatable bonds is 4. The van der Waals surface area contributed by atoms with Gasteiger partial charge in [0.25, 0.3) is 0 Å². The molecule has 2 heterocycles. The Morgan fingerprint density at radius 3 is 2.67 bits per heavy atom. The van der Waals surface area contributed by atoms with Gasteiger partial charge in [-0.2, -0.15) is 0 Å². The zero-order valence-electron chi connectivity index (χ0n) is 13.0. The molecule has 1 atom stereocenters. The van der Waals surface area contributed by atoms with Crippen LogP contribution in [0.3, 0.4) is 0 Å². The molecule has 6 heteroatoms. The van der Waals surface area contributed by atoms with Crippen molar-refractivity contribution in [1.82, 2.24) is 5.32 Å². The van der Waals surface area contributed by atoms with Crippen LogP contribution in [0, 0.1) is 0 Å². The second kappa shape index (κ2) is 6.34. The number of para-hydroxylation sites is 2. The third-order valence-electron chi connectivity index (χ3n) is 3.96. The molecule has 2 aromatic rings. The standard InChI is InChI=1S/C18H17ClN2O3/c19-14-7-5-13(6-8-14)11-23-18(17-20-9-10-21-17)12-22-15-3-1-2-4-16(15)24-18/h1-8H,9-12H2,(H,20,21). The molecule has 0 saturated heterocycles. The summed E-state index contributed by atoms with van der Waals surface area (Å²) >= 11 is 5.93. The second-order valence-corrected chi connectivity index (χ2v) is 6.10. The third kappa shape index (κ3) is 2.92. The van der Waals surface area contributed by atoms with Crippen LogP contribution in [0.4, 0.5) is 0 Å². The van der Waals surface area contributed by atoms with E-state index in [-0.39, 0.29) is 6.61 Å². The van der Waals surface area contributed by atoms with Crippen LogP contribution in [0.1, 0.15) is 5.56 Å². The van der Waals surface area contributed by atoms with E-state index in [4.69, 9.17) is 25.8 Å². The lowest BCUT2D eigenvalue weighted by atomic mass is 10.2. The molecule has 2 aromatic carbocycles. The number of amidine groups is 1. The molecule has 24 heavy (non-hydrogen) atoms. The van der Waals surface area contributed by atoms with Crippen molar-refractivity contribution in [3.05, 3.63) is 59.1 Å². The first-order chi connectivity index (χ1) is 11.8. The van der Waals surface area contributed by atoms with E-state index in [0.717, 1.165) is 12.1 Å². The fourth-order valence-electron chi connectivity index (χ4n) is 2.72. The summed E-state index contributed by atoms with van der Waals surface area (Å²) in [6.07, 6.45) is 0. The molecular formula is C18H17ClN2O3. The second-order valence-electron chi connectivity index (χ2n) is 5.66. The molecule has 0 spiro atoms. The van der Waals surface area contributed by atoms with Crippen LogP contribution in [0.5, 0.6) is 11.5 Å². The van der Waals surface area contributed by atoms with Crippen molar-refractivity contribution in [3.8, 4) is 11.5 Å². The van der Waals surface area contributed by atoms with E-state index >= 15 is 0 Å². The number of ether oxygens (including phenoxy) is 3. The predicted molar refractivity (Wildman–Crippen MR) is 91.8 cm³/mol. The largest absolute Gasteiger partial charge is 0.482 e. The summed E-state index contributed by atoms with van der Waals surface area (Å²) in [5, 5.41) is 3.94. The van der Waals surface area contributed by atoms with Gasteiger partial charge in [-0.3, -0.25) is 4.99 Å². The van der Waals surface area contributed by atoms with Crippen molar-refractivity contribution in [2.24, 2.45) is 4.99 Å². The van der Waals surface area contributed by atoms with E-state index in [2.05, 4.69) is 10.3 Å². The summed E-state index contributed by atoms with van der Waals surface area (Å²) in [7, 11) is 0. The van der Waals surface area contributed by atoms with Crippen molar-refractivity contribution < 1.29 is 14.2 Å². The average molecular weight is 345 g/mol. The van der Waals surface area contributed by atoms with E-state index in [0.29, 0.717) is 35.5 Å². The molecule has 0 bridgehead atoms. The molecule has 0 fully saturated rings. The zero-order chi connectivity index (χ0) is 16.4. The molecule has 2 aliphatic rings. The van der Waals surface area contributed by atoms with Gasteiger partial charge in [-0.05, 0) is 29.8 Å². The van der Waals surface area contributed by atoms with E-state index in [1.165, 1.54) is 0 Å². The Bertz CT molecular complexity index is 763. The van der Waals surface area contributed by atoms with Gasteiger partial charge in [-0.1, -0.05) is 35.9 Å². The SMILES string of the molecule is Clc1ccc(COC2(C3=NCCN3)COc3ccccc3O2)cc1. The number of hydrogen-bond donors (Lipinski definition) is 1. The number of aliphatic imine (C=N–C) groups is 1. The smallest absolute Gasteiger partial charge is 0.304 e. The molecule has 1 N–H and O–H groups in total. The molecule has 1 unspecified atom stereocenters. The maximum absolute atomic E-state index is 6.18. The highest BCUT2D eigenvalue weighted by Gasteiger charge is 2.45. The number of hydrogen-bond acceptors (Lipinski definition) is 5. The van der Waals surface area contributed by atoms with Gasteiger partial charge in [0, 0.05) is 11.6 Å². The Balaban J connectivity index is 1.59. The molecule has 0 saturated carbocycles. The van der Waals surface area contributed by atoms with Gasteiger partial charge in [0.1, 0.15) is 0 Å². The summed E-state index contributed by atoms with van der Waals surface area (Å²) in [6, 6.07) is 15.1. The predicted octanol–water partition coefficient (Wildman–Crippen LogP) is 3.03. The number of nitrogens with one attached hydrogen (secondary N) is 1. The van der Waals surface area contributed by atoms with Crippen molar-refractivity contribution in [3.63, 3.8) is 0 Å². The van der Waals surface area contributed by atoms with Gasteiger partial charge in [0.05, 0.1) is 13.2 Å². The van der Waals surface area contributed by atoms with Gasteiger partial charge < -0.3 is 19.5 Å². The fourth-order valence-corrected chi connectivity index (χ4v) is 2.85. The van der Waals surface area contributed by atoms with E-state index in [9.17, 15) is 0 Å². The topological polar surface area (TPSA) is 52.1 Å². The highest BCUT2D eigenvalue weighted by atomic mass is 35.5. The normalized spacial score (nSPS) is 22.0. The molecular weight excluding hydrogens is 328 g/mol. The molecule has 124 valence electrons. The minimum Gasteiger partial charge on any atom is -0.482 e. The summed E-state index contributed by atoms with van der Waals surface area (Å²) < 4.78 is 18.2. The Hall–Kier alpha value is -2.24. The average Bonchev–Trinajstić information content (AvgIpc) is 3.16. The Morgan fingerprint density at radius 2 is 1.92 bits per heavy atom. The van der Waals surface area contributed by atoms with Crippen molar-refractivity contribution in [2.45, 2.75) is 12.4 Å². The summed E-state index contributed by atoms with van der Waals surface area (Å²) in [4.78, 5) is 4.49. The first-order valence-electron chi connectivity index (χ1n) is 7.83. The molecule has 0 radical (unpaired) electrons. The maximum atomic E-state index is 6.18.